The zero-order valence-corrected chi connectivity index (χ0v) is 90.8. The minimum absolute atomic E-state index is 0. The van der Waals surface area contributed by atoms with Gasteiger partial charge < -0.3 is 50.1 Å². The van der Waals surface area contributed by atoms with Gasteiger partial charge in [0.25, 0.3) is 0 Å². The fourth-order valence-corrected chi connectivity index (χ4v) is 17.2. The van der Waals surface area contributed by atoms with E-state index in [1.807, 2.05) is 283 Å². The van der Waals surface area contributed by atoms with Gasteiger partial charge in [0.2, 0.25) is 0 Å². The van der Waals surface area contributed by atoms with Crippen molar-refractivity contribution in [2.45, 2.75) is 62.3 Å². The molecule has 0 saturated heterocycles. The number of aliphatic hydroxyl groups is 2. The van der Waals surface area contributed by atoms with Gasteiger partial charge in [-0.05, 0) is 176 Å². The third-order valence-corrected chi connectivity index (χ3v) is 23.6. The maximum absolute atomic E-state index is 10.0. The first-order valence-corrected chi connectivity index (χ1v) is 45.5. The smallest absolute Gasteiger partial charge is 0.155 e. The summed E-state index contributed by atoms with van der Waals surface area (Å²) in [6.45, 7) is 15.8. The molecule has 21 aromatic rings. The molecule has 0 aliphatic heterocycles. The average molecular weight is 2750 g/mol. The topological polar surface area (TPSA) is 178 Å². The quantitative estimate of drug-likeness (QED) is 0.0753. The van der Waals surface area contributed by atoms with Crippen LogP contribution in [-0.2, 0) is 110 Å². The molecule has 13 aromatic heterocycles. The van der Waals surface area contributed by atoms with Crippen molar-refractivity contribution in [3.63, 3.8) is 0 Å². The number of aliphatic hydroxyl groups excluding tert-OH is 2. The maximum Gasteiger partial charge on any atom is 0.155 e. The monoisotopic (exact) mass is 2750 g/mol. The Morgan fingerprint density at radius 3 is 0.756 bits per heavy atom. The van der Waals surface area contributed by atoms with Crippen LogP contribution in [0.4, 0.5) is 0 Å². The summed E-state index contributed by atoms with van der Waals surface area (Å²) in [5.41, 5.74) is 16.5. The molecule has 13 heterocycles. The van der Waals surface area contributed by atoms with E-state index in [1.54, 1.807) is 62.9 Å². The molecule has 12 nitrogen and oxygen atoms in total. The number of thiophene rings is 5. The maximum atomic E-state index is 10.0. The molecular weight excluding hydrogens is 2650 g/mol. The summed E-state index contributed by atoms with van der Waals surface area (Å²) in [5, 5.41) is 22.6. The predicted molar refractivity (Wildman–Crippen MR) is 543 cm³/mol. The second-order valence-corrected chi connectivity index (χ2v) is 34.2. The Kier molecular flexibility index (Phi) is 48.0. The zero-order valence-electron chi connectivity index (χ0n) is 74.7. The Morgan fingerprint density at radius 2 is 0.504 bits per heavy atom. The number of benzene rings is 8. The summed E-state index contributed by atoms with van der Waals surface area (Å²) in [6, 6.07) is 137. The molecule has 22 heteroatoms. The van der Waals surface area contributed by atoms with Gasteiger partial charge in [0.1, 0.15) is 0 Å². The molecule has 0 amide bonds. The van der Waals surface area contributed by atoms with Crippen LogP contribution in [0.25, 0.3) is 137 Å². The Labute approximate surface area is 877 Å². The van der Waals surface area contributed by atoms with E-state index >= 15 is 0 Å². The van der Waals surface area contributed by atoms with Crippen molar-refractivity contribution < 1.29 is 120 Å². The Balaban J connectivity index is 0.000000206. The number of aromatic nitrogens is 8. The normalized spacial score (nSPS) is 10.2. The van der Waals surface area contributed by atoms with E-state index in [0.29, 0.717) is 0 Å². The van der Waals surface area contributed by atoms with Crippen molar-refractivity contribution >= 4 is 119 Å². The summed E-state index contributed by atoms with van der Waals surface area (Å²) in [4.78, 5) is 60.7. The van der Waals surface area contributed by atoms with Crippen LogP contribution in [0.15, 0.2) is 382 Å². The summed E-state index contributed by atoms with van der Waals surface area (Å²) in [5.74, 6) is -0.125. The number of hydrogen-bond acceptors (Lipinski definition) is 17. The largest absolute Gasteiger partial charge is 0.512 e. The van der Waals surface area contributed by atoms with Crippen LogP contribution in [0.5, 0.6) is 0 Å². The van der Waals surface area contributed by atoms with Crippen molar-refractivity contribution in [1.82, 2.24) is 39.9 Å². The molecule has 0 saturated carbocycles. The van der Waals surface area contributed by atoms with Crippen molar-refractivity contribution in [3.05, 3.63) is 459 Å². The van der Waals surface area contributed by atoms with Crippen LogP contribution < -0.4 is 0 Å². The van der Waals surface area contributed by atoms with Crippen LogP contribution in [0, 0.1) is 83.1 Å². The van der Waals surface area contributed by atoms with E-state index in [4.69, 9.17) is 10.2 Å². The summed E-state index contributed by atoms with van der Waals surface area (Å²) in [7, 11) is 0. The average Bonchev–Trinajstić information content (AvgIpc) is 1.70. The summed E-state index contributed by atoms with van der Waals surface area (Å²) >= 11 is 8.69. The van der Waals surface area contributed by atoms with Crippen LogP contribution in [0.3, 0.4) is 0 Å². The van der Waals surface area contributed by atoms with Gasteiger partial charge in [0.05, 0.1) is 11.5 Å². The Morgan fingerprint density at radius 1 is 0.259 bits per heavy atom. The summed E-state index contributed by atoms with van der Waals surface area (Å²) in [6.07, 6.45) is 9.60. The first kappa shape index (κ1) is 110. The number of ketones is 2. The SMILES string of the molecule is CC(=O)C=C(C)O.CC(=O)C=C(C)O.Cc1cccc(-c2[c-]c3ccccc3s2)n1.Cc1cccc(-c2[c-]c3ccccc3s2)n1.Cc1cccc(-c2[c-]cccc2)n1.Cc1cccc(-c2[c-]cccc2)n1.Cc1ccnc(-c2[c-]c3ccccc3s2)c1.[Ir].[Ir].[Ir].[Ir].[Ir].[c-]1c(-c2ccccn2)sc2ccccc12.[c-]1c(-c2ccccn2)sc2ccccc12.[c-]1ccccc1-c1ccccn1. The molecule has 21 rings (SSSR count). The van der Waals surface area contributed by atoms with Crippen LogP contribution in [0.1, 0.15) is 56.0 Å². The van der Waals surface area contributed by atoms with Crippen molar-refractivity contribution in [2.75, 3.05) is 0 Å². The molecule has 0 aliphatic carbocycles. The number of carbonyl (C=O) groups is 2. The van der Waals surface area contributed by atoms with Gasteiger partial charge in [0, 0.05) is 189 Å². The first-order chi connectivity index (χ1) is 63.3. The number of rotatable bonds is 10. The number of allylic oxidation sites excluding steroid dienone is 4. The van der Waals surface area contributed by atoms with Gasteiger partial charge in [0.15, 0.2) is 11.6 Å². The molecule has 0 bridgehead atoms. The van der Waals surface area contributed by atoms with Crippen LogP contribution in [0.2, 0.25) is 0 Å². The van der Waals surface area contributed by atoms with Crippen molar-refractivity contribution in [3.8, 4) is 86.6 Å². The Bertz CT molecular complexity index is 6510. The van der Waals surface area contributed by atoms with E-state index in [-0.39, 0.29) is 124 Å². The van der Waals surface area contributed by atoms with E-state index < -0.39 is 0 Å². The number of nitrogens with zero attached hydrogens (tertiary/aromatic N) is 8. The fraction of sp³-hybridized carbons (Fsp3) is 0.0796. The van der Waals surface area contributed by atoms with E-state index in [2.05, 4.69) is 192 Å². The molecular formula is C113H90Ir5N8O4S5-8. The van der Waals surface area contributed by atoms with Gasteiger partial charge in [-0.2, -0.15) is 0 Å². The third-order valence-electron chi connectivity index (χ3n) is 18.1. The predicted octanol–water partition coefficient (Wildman–Crippen LogP) is 30.1. The molecule has 0 fully saturated rings. The second-order valence-electron chi connectivity index (χ2n) is 28.9. The molecule has 0 atom stereocenters. The molecule has 5 radical (unpaired) electrons. The van der Waals surface area contributed by atoms with Gasteiger partial charge in [-0.1, -0.05) is 157 Å². The molecule has 0 aliphatic rings. The minimum Gasteiger partial charge on any atom is -0.512 e. The number of fused-ring (bicyclic) bond motifs is 5. The van der Waals surface area contributed by atoms with Gasteiger partial charge >= 0.3 is 0 Å². The van der Waals surface area contributed by atoms with Crippen molar-refractivity contribution in [1.29, 1.82) is 0 Å². The molecule has 0 spiro atoms. The zero-order chi connectivity index (χ0) is 91.2. The number of pyridine rings is 8. The Hall–Kier alpha value is -11.6. The molecule has 2 N–H and O–H groups in total. The number of hydrogen-bond donors (Lipinski definition) is 2. The molecule has 8 aromatic carbocycles. The van der Waals surface area contributed by atoms with E-state index in [9.17, 15) is 9.59 Å². The fourth-order valence-electron chi connectivity index (χ4n) is 12.3. The van der Waals surface area contributed by atoms with E-state index in [1.165, 1.54) is 95.8 Å². The minimum atomic E-state index is -0.125. The molecule has 0 unspecified atom stereocenters. The number of aryl methyl sites for hydroxylation is 5. The van der Waals surface area contributed by atoms with Gasteiger partial charge in [-0.15, -0.1) is 226 Å². The van der Waals surface area contributed by atoms with Gasteiger partial charge in [-0.3, -0.25) is 9.59 Å². The third kappa shape index (κ3) is 36.2. The van der Waals surface area contributed by atoms with Crippen LogP contribution in [-0.4, -0.2) is 61.7 Å². The standard InChI is InChI=1S/3C14H10NS.2C13H8NS.2C12H10N.C11H8N.2C5H8O2.5Ir/c2*1-10-5-4-7-12(15-10)14-9-11-6-2-3-8-13(11)16-14;1-10-6-7-15-12(8-10)14-9-11-4-2-3-5-13(11)16-14;2*1-2-7-12-10(5-1)9-13(15-12)11-6-3-4-8-14-11;2*1-10-6-5-9-12(13-10)11-7-3-2-4-8-11;1-2-6-10(7-3-1)11-8-4-5-9-12-11;2*1-4(6)3-5(2)7;;;;;/h3*2-8H,1H3;2*1-8H;2*2-7,9H,1H3;1-6,8-9H;2*3,6H,1-2H3;;;;;/q8*-1;;;;;;;. The molecule has 689 valence electrons. The second kappa shape index (κ2) is 58.7. The summed E-state index contributed by atoms with van der Waals surface area (Å²) < 4.78 is 6.32. The molecule has 135 heavy (non-hydrogen) atoms. The van der Waals surface area contributed by atoms with E-state index in [0.717, 1.165) is 109 Å². The van der Waals surface area contributed by atoms with Crippen molar-refractivity contribution in [2.24, 2.45) is 0 Å². The number of carbonyl (C=O) groups excluding carboxylic acids is 2. The van der Waals surface area contributed by atoms with Gasteiger partial charge in [-0.25, -0.2) is 56.7 Å². The van der Waals surface area contributed by atoms with Crippen LogP contribution >= 0.6 is 56.7 Å². The first-order valence-electron chi connectivity index (χ1n) is 41.4.